The minimum Gasteiger partial charge on any atom is -0.512 e. The van der Waals surface area contributed by atoms with Crippen molar-refractivity contribution in [1.29, 1.82) is 0 Å². The molecule has 0 aliphatic rings. The van der Waals surface area contributed by atoms with Crippen molar-refractivity contribution >= 4 is 59.4 Å². The van der Waals surface area contributed by atoms with Gasteiger partial charge in [-0.05, 0) is 90.5 Å². The molecule has 295 valence electrons. The zero-order valence-corrected chi connectivity index (χ0v) is 39.0. The zero-order chi connectivity index (χ0) is 39.6. The minimum absolute atomic E-state index is 0. The Balaban J connectivity index is 0.000000320. The number of nitrogens with zero attached hydrogens (tertiary/aromatic N) is 1. The largest absolute Gasteiger partial charge is 0.512 e. The maximum atomic E-state index is 12.2. The van der Waals surface area contributed by atoms with E-state index in [0.717, 1.165) is 48.7 Å². The van der Waals surface area contributed by atoms with E-state index in [-0.39, 0.29) is 47.9 Å². The quantitative estimate of drug-likeness (QED) is 0.0800. The van der Waals surface area contributed by atoms with Gasteiger partial charge in [0.15, 0.2) is 5.78 Å². The number of ketones is 1. The van der Waals surface area contributed by atoms with Gasteiger partial charge >= 0.3 is 0 Å². The molecule has 0 aliphatic heterocycles. The van der Waals surface area contributed by atoms with Crippen LogP contribution in [0, 0.1) is 29.7 Å². The molecule has 0 amide bonds. The number of allylic oxidation sites excluding steroid dienone is 2. The molecule has 3 nitrogen and oxygen atoms in total. The van der Waals surface area contributed by atoms with Gasteiger partial charge in [0.2, 0.25) is 0 Å². The summed E-state index contributed by atoms with van der Waals surface area (Å²) >= 11 is 3.77. The van der Waals surface area contributed by atoms with Crippen molar-refractivity contribution < 1.29 is 30.0 Å². The van der Waals surface area contributed by atoms with E-state index in [0.29, 0.717) is 5.92 Å². The van der Waals surface area contributed by atoms with Crippen LogP contribution in [-0.2, 0) is 36.7 Å². The standard InChI is InChI=1S/C34H32NS2.C15H28O2.Ir/c1-20(2)15-28-21(3)36-31-18-23(11-12-27(28)31)30-19-24-13-14-35-32(33(24)37-30)25-16-22-9-7-8-10-26(22)29(17-25)34(4,5)6;1-7-14(5,8-2)12(16)11-13(17)15(6,9-3)10-4;/h7-14,17-20H,15H2,1-6H3;11,16H,7-10H2,1-6H3;/q-1;;/b;12-11-;. The fourth-order valence-corrected chi connectivity index (χ4v) is 9.34. The molecule has 3 aromatic carbocycles. The molecule has 0 saturated heterocycles. The van der Waals surface area contributed by atoms with Crippen molar-refractivity contribution in [2.24, 2.45) is 16.7 Å². The van der Waals surface area contributed by atoms with Gasteiger partial charge in [0.05, 0.1) is 0 Å². The first-order valence-corrected chi connectivity index (χ1v) is 21.4. The number of aliphatic hydroxyl groups excluding tert-OH is 1. The van der Waals surface area contributed by atoms with Gasteiger partial charge in [0.25, 0.3) is 0 Å². The van der Waals surface area contributed by atoms with Crippen LogP contribution in [0.25, 0.3) is 52.6 Å². The smallest absolute Gasteiger partial charge is 0.164 e. The Kier molecular flexibility index (Phi) is 14.6. The Morgan fingerprint density at radius 2 is 1.51 bits per heavy atom. The average molecular weight is 951 g/mol. The zero-order valence-electron chi connectivity index (χ0n) is 35.0. The van der Waals surface area contributed by atoms with Crippen molar-refractivity contribution in [3.05, 3.63) is 101 Å². The third-order valence-corrected chi connectivity index (χ3v) is 14.1. The van der Waals surface area contributed by atoms with Crippen molar-refractivity contribution in [1.82, 2.24) is 4.98 Å². The molecule has 0 fully saturated rings. The Hall–Kier alpha value is -3.15. The van der Waals surface area contributed by atoms with Gasteiger partial charge in [-0.3, -0.25) is 9.78 Å². The van der Waals surface area contributed by atoms with Gasteiger partial charge in [0.1, 0.15) is 5.76 Å². The van der Waals surface area contributed by atoms with Crippen molar-refractivity contribution in [3.63, 3.8) is 0 Å². The summed E-state index contributed by atoms with van der Waals surface area (Å²) in [5.41, 5.74) is 5.67. The Morgan fingerprint density at radius 1 is 0.855 bits per heavy atom. The van der Waals surface area contributed by atoms with Crippen molar-refractivity contribution in [3.8, 4) is 21.7 Å². The number of benzene rings is 3. The predicted molar refractivity (Wildman–Crippen MR) is 237 cm³/mol. The molecule has 3 heterocycles. The molecule has 6 rings (SSSR count). The first-order valence-electron chi connectivity index (χ1n) is 19.8. The summed E-state index contributed by atoms with van der Waals surface area (Å²) < 4.78 is 2.62. The molecular formula is C49H60IrNO2S2-. The molecule has 0 saturated carbocycles. The second-order valence-corrected chi connectivity index (χ2v) is 19.3. The fourth-order valence-electron chi connectivity index (χ4n) is 7.05. The monoisotopic (exact) mass is 951 g/mol. The Bertz CT molecular complexity index is 2290. The summed E-state index contributed by atoms with van der Waals surface area (Å²) in [6, 6.07) is 26.1. The van der Waals surface area contributed by atoms with E-state index in [1.54, 1.807) is 0 Å². The van der Waals surface area contributed by atoms with Crippen LogP contribution in [0.3, 0.4) is 0 Å². The van der Waals surface area contributed by atoms with E-state index in [4.69, 9.17) is 4.98 Å². The topological polar surface area (TPSA) is 50.2 Å². The molecule has 55 heavy (non-hydrogen) atoms. The number of hydrogen-bond donors (Lipinski definition) is 1. The maximum Gasteiger partial charge on any atom is 0.164 e. The first-order chi connectivity index (χ1) is 25.5. The summed E-state index contributed by atoms with van der Waals surface area (Å²) in [5, 5.41) is 15.2. The second-order valence-electron chi connectivity index (χ2n) is 17.0. The Labute approximate surface area is 352 Å². The van der Waals surface area contributed by atoms with Crippen LogP contribution >= 0.6 is 22.7 Å². The van der Waals surface area contributed by atoms with Crippen molar-refractivity contribution in [2.75, 3.05) is 0 Å². The Morgan fingerprint density at radius 3 is 2.13 bits per heavy atom. The third kappa shape index (κ3) is 9.53. The van der Waals surface area contributed by atoms with Crippen LogP contribution in [0.1, 0.15) is 118 Å². The summed E-state index contributed by atoms with van der Waals surface area (Å²) in [4.78, 5) is 19.8. The fraction of sp³-hybridized carbons (Fsp3) is 0.429. The summed E-state index contributed by atoms with van der Waals surface area (Å²) in [5.74, 6) is 0.948. The van der Waals surface area contributed by atoms with E-state index < -0.39 is 0 Å². The molecular weight excluding hydrogens is 891 g/mol. The van der Waals surface area contributed by atoms with Gasteiger partial charge < -0.3 is 5.11 Å². The van der Waals surface area contributed by atoms with Gasteiger partial charge in [0, 0.05) is 68.1 Å². The summed E-state index contributed by atoms with van der Waals surface area (Å²) in [7, 11) is 0. The number of hydrogen-bond acceptors (Lipinski definition) is 5. The molecule has 0 unspecified atom stereocenters. The van der Waals surface area contributed by atoms with E-state index in [1.165, 1.54) is 58.1 Å². The SMILES string of the molecule is CCC(C)(CC)C(=O)/C=C(\O)C(C)(CC)CC.Cc1sc2cc(-c3cc4ccnc(-c5[c-]c6ccccc6c(C(C)(C)C)c5)c4s3)ccc2c1CC(C)C.[Ir]. The third-order valence-electron chi connectivity index (χ3n) is 11.8. The number of pyridine rings is 1. The molecule has 0 spiro atoms. The molecule has 0 bridgehead atoms. The van der Waals surface area contributed by atoms with Crippen molar-refractivity contribution in [2.45, 2.75) is 121 Å². The van der Waals surface area contributed by atoms with Gasteiger partial charge in [-0.15, -0.1) is 51.8 Å². The van der Waals surface area contributed by atoms with E-state index in [2.05, 4.69) is 108 Å². The van der Waals surface area contributed by atoms with Crippen LogP contribution in [0.5, 0.6) is 0 Å². The summed E-state index contributed by atoms with van der Waals surface area (Å²) in [6.45, 7) is 25.8. The average Bonchev–Trinajstić information content (AvgIpc) is 3.73. The second kappa shape index (κ2) is 18.0. The molecule has 6 aromatic rings. The van der Waals surface area contributed by atoms with Gasteiger partial charge in [-0.1, -0.05) is 117 Å². The minimum atomic E-state index is -0.337. The number of aromatic nitrogens is 1. The molecule has 6 heteroatoms. The van der Waals surface area contributed by atoms with Gasteiger partial charge in [-0.2, -0.15) is 0 Å². The maximum absolute atomic E-state index is 12.2. The first kappa shape index (κ1) is 44.6. The van der Waals surface area contributed by atoms with Crippen LogP contribution in [0.4, 0.5) is 0 Å². The van der Waals surface area contributed by atoms with Crippen LogP contribution in [-0.4, -0.2) is 15.9 Å². The normalized spacial score (nSPS) is 12.6. The number of carbonyl (C=O) groups is 1. The van der Waals surface area contributed by atoms with E-state index >= 15 is 0 Å². The number of rotatable bonds is 11. The number of aliphatic hydroxyl groups is 1. The van der Waals surface area contributed by atoms with Crippen LogP contribution in [0.2, 0.25) is 0 Å². The molecule has 0 atom stereocenters. The van der Waals surface area contributed by atoms with Gasteiger partial charge in [-0.25, -0.2) is 0 Å². The molecule has 0 aliphatic carbocycles. The number of thiophene rings is 2. The molecule has 3 aromatic heterocycles. The van der Waals surface area contributed by atoms with E-state index in [1.807, 2.05) is 70.4 Å². The molecule has 1 N–H and O–H groups in total. The van der Waals surface area contributed by atoms with Crippen LogP contribution < -0.4 is 0 Å². The summed E-state index contributed by atoms with van der Waals surface area (Å²) in [6.07, 6.45) is 7.84. The van der Waals surface area contributed by atoms with Crippen LogP contribution in [0.15, 0.2) is 78.7 Å². The predicted octanol–water partition coefficient (Wildman–Crippen LogP) is 15.3. The van der Waals surface area contributed by atoms with E-state index in [9.17, 15) is 9.90 Å². The number of carbonyl (C=O) groups excluding carboxylic acids is 1. The number of fused-ring (bicyclic) bond motifs is 3. The molecule has 1 radical (unpaired) electrons. The number of aryl methyl sites for hydroxylation is 1.